The standard InChI is InChI=1S/C9H15F2NO/c1-6(2)8(13)12-4-7(3)9(10,11)5-12/h6-7H,4-5H2,1-3H3. The third-order valence-corrected chi connectivity index (χ3v) is 2.42. The molecular formula is C9H15F2NO. The second-order valence-electron chi connectivity index (χ2n) is 4.04. The van der Waals surface area contributed by atoms with Crippen LogP contribution in [0.4, 0.5) is 8.78 Å². The van der Waals surface area contributed by atoms with Crippen molar-refractivity contribution in [3.05, 3.63) is 0 Å². The zero-order valence-electron chi connectivity index (χ0n) is 8.18. The largest absolute Gasteiger partial charge is 0.336 e. The lowest BCUT2D eigenvalue weighted by Gasteiger charge is -2.17. The Morgan fingerprint density at radius 3 is 2.38 bits per heavy atom. The third kappa shape index (κ3) is 1.98. The van der Waals surface area contributed by atoms with Crippen molar-refractivity contribution >= 4 is 5.91 Å². The van der Waals surface area contributed by atoms with Gasteiger partial charge in [-0.1, -0.05) is 20.8 Å². The first-order valence-electron chi connectivity index (χ1n) is 4.51. The van der Waals surface area contributed by atoms with Gasteiger partial charge in [-0.05, 0) is 0 Å². The summed E-state index contributed by atoms with van der Waals surface area (Å²) in [6.07, 6.45) is 0. The van der Waals surface area contributed by atoms with Gasteiger partial charge in [-0.2, -0.15) is 0 Å². The van der Waals surface area contributed by atoms with Gasteiger partial charge in [-0.15, -0.1) is 0 Å². The molecule has 1 rings (SSSR count). The van der Waals surface area contributed by atoms with E-state index < -0.39 is 18.4 Å². The van der Waals surface area contributed by atoms with E-state index in [2.05, 4.69) is 0 Å². The van der Waals surface area contributed by atoms with E-state index in [-0.39, 0.29) is 18.4 Å². The van der Waals surface area contributed by atoms with Crippen molar-refractivity contribution in [3.63, 3.8) is 0 Å². The molecule has 0 aromatic rings. The maximum absolute atomic E-state index is 13.0. The zero-order chi connectivity index (χ0) is 10.2. The lowest BCUT2D eigenvalue weighted by molar-refractivity contribution is -0.134. The van der Waals surface area contributed by atoms with Gasteiger partial charge in [-0.25, -0.2) is 8.78 Å². The molecule has 2 nitrogen and oxygen atoms in total. The molecule has 4 heteroatoms. The molecule has 1 amide bonds. The fourth-order valence-electron chi connectivity index (χ4n) is 1.47. The molecule has 0 aromatic heterocycles. The van der Waals surface area contributed by atoms with Gasteiger partial charge in [-0.3, -0.25) is 4.79 Å². The van der Waals surface area contributed by atoms with Crippen molar-refractivity contribution in [3.8, 4) is 0 Å². The van der Waals surface area contributed by atoms with Gasteiger partial charge in [0.15, 0.2) is 0 Å². The van der Waals surface area contributed by atoms with Crippen LogP contribution in [0, 0.1) is 11.8 Å². The normalized spacial score (nSPS) is 26.9. The Kier molecular flexibility index (Phi) is 2.59. The van der Waals surface area contributed by atoms with Crippen molar-refractivity contribution < 1.29 is 13.6 Å². The van der Waals surface area contributed by atoms with Crippen LogP contribution in [0.15, 0.2) is 0 Å². The maximum atomic E-state index is 13.0. The van der Waals surface area contributed by atoms with Gasteiger partial charge in [0.25, 0.3) is 5.92 Å². The monoisotopic (exact) mass is 191 g/mol. The van der Waals surface area contributed by atoms with Gasteiger partial charge >= 0.3 is 0 Å². The molecule has 13 heavy (non-hydrogen) atoms. The second kappa shape index (κ2) is 3.24. The number of carbonyl (C=O) groups excluding carboxylic acids is 1. The first-order valence-corrected chi connectivity index (χ1v) is 4.51. The predicted octanol–water partition coefficient (Wildman–Crippen LogP) is 1.76. The molecule has 0 spiro atoms. The molecule has 1 fully saturated rings. The molecular weight excluding hydrogens is 176 g/mol. The average molecular weight is 191 g/mol. The predicted molar refractivity (Wildman–Crippen MR) is 45.5 cm³/mol. The Morgan fingerprint density at radius 1 is 1.54 bits per heavy atom. The molecule has 1 aliphatic rings. The Labute approximate surface area is 76.9 Å². The minimum absolute atomic E-state index is 0.177. The van der Waals surface area contributed by atoms with Crippen molar-refractivity contribution in [1.82, 2.24) is 4.90 Å². The van der Waals surface area contributed by atoms with E-state index in [0.717, 1.165) is 0 Å². The fourth-order valence-corrected chi connectivity index (χ4v) is 1.47. The topological polar surface area (TPSA) is 20.3 Å². The van der Waals surface area contributed by atoms with Gasteiger partial charge in [0, 0.05) is 18.4 Å². The van der Waals surface area contributed by atoms with E-state index in [1.165, 1.54) is 11.8 Å². The minimum atomic E-state index is -2.70. The lowest BCUT2D eigenvalue weighted by atomic mass is 10.1. The average Bonchev–Trinajstić information content (AvgIpc) is 2.25. The number of nitrogens with zero attached hydrogens (tertiary/aromatic N) is 1. The van der Waals surface area contributed by atoms with Crippen molar-refractivity contribution in [2.45, 2.75) is 26.7 Å². The molecule has 1 atom stereocenters. The van der Waals surface area contributed by atoms with E-state index in [0.29, 0.717) is 0 Å². The first kappa shape index (κ1) is 10.4. The summed E-state index contributed by atoms with van der Waals surface area (Å²) in [7, 11) is 0. The summed E-state index contributed by atoms with van der Waals surface area (Å²) in [6, 6.07) is 0. The molecule has 0 radical (unpaired) electrons. The van der Waals surface area contributed by atoms with Crippen LogP contribution in [0.2, 0.25) is 0 Å². The number of halogens is 2. The van der Waals surface area contributed by atoms with Crippen molar-refractivity contribution in [2.24, 2.45) is 11.8 Å². The number of carbonyl (C=O) groups is 1. The van der Waals surface area contributed by atoms with Gasteiger partial charge in [0.1, 0.15) is 0 Å². The molecule has 0 bridgehead atoms. The highest BCUT2D eigenvalue weighted by Gasteiger charge is 2.46. The molecule has 1 unspecified atom stereocenters. The van der Waals surface area contributed by atoms with E-state index in [9.17, 15) is 13.6 Å². The van der Waals surface area contributed by atoms with Gasteiger partial charge in [0.2, 0.25) is 5.91 Å². The fraction of sp³-hybridized carbons (Fsp3) is 0.889. The van der Waals surface area contributed by atoms with Crippen molar-refractivity contribution in [1.29, 1.82) is 0 Å². The van der Waals surface area contributed by atoms with Crippen LogP contribution in [-0.2, 0) is 4.79 Å². The van der Waals surface area contributed by atoms with Crippen LogP contribution >= 0.6 is 0 Å². The van der Waals surface area contributed by atoms with E-state index >= 15 is 0 Å². The highest BCUT2D eigenvalue weighted by atomic mass is 19.3. The molecule has 1 aliphatic heterocycles. The van der Waals surface area contributed by atoms with Crippen LogP contribution < -0.4 is 0 Å². The quantitative estimate of drug-likeness (QED) is 0.618. The Balaban J connectivity index is 2.64. The number of rotatable bonds is 1. The molecule has 0 aromatic carbocycles. The summed E-state index contributed by atoms with van der Waals surface area (Å²) in [5.41, 5.74) is 0. The van der Waals surface area contributed by atoms with E-state index in [4.69, 9.17) is 0 Å². The summed E-state index contributed by atoms with van der Waals surface area (Å²) in [4.78, 5) is 12.6. The highest BCUT2D eigenvalue weighted by molar-refractivity contribution is 5.78. The van der Waals surface area contributed by atoms with Gasteiger partial charge < -0.3 is 4.90 Å². The Morgan fingerprint density at radius 2 is 2.08 bits per heavy atom. The molecule has 1 saturated heterocycles. The minimum Gasteiger partial charge on any atom is -0.336 e. The summed E-state index contributed by atoms with van der Waals surface area (Å²) in [5.74, 6) is -3.79. The Bertz CT molecular complexity index is 216. The third-order valence-electron chi connectivity index (χ3n) is 2.42. The molecule has 76 valence electrons. The molecule has 0 aliphatic carbocycles. The second-order valence-corrected chi connectivity index (χ2v) is 4.04. The molecule has 0 saturated carbocycles. The highest BCUT2D eigenvalue weighted by Crippen LogP contribution is 2.33. The first-order chi connectivity index (χ1) is 5.84. The van der Waals surface area contributed by atoms with Crippen LogP contribution in [0.3, 0.4) is 0 Å². The number of hydrogen-bond donors (Lipinski definition) is 0. The Hall–Kier alpha value is -0.670. The van der Waals surface area contributed by atoms with Crippen molar-refractivity contribution in [2.75, 3.05) is 13.1 Å². The van der Waals surface area contributed by atoms with Crippen LogP contribution in [0.1, 0.15) is 20.8 Å². The SMILES string of the molecule is CC(C)C(=O)N1CC(C)C(F)(F)C1. The molecule has 0 N–H and O–H groups in total. The van der Waals surface area contributed by atoms with Crippen LogP contribution in [-0.4, -0.2) is 29.8 Å². The number of hydrogen-bond acceptors (Lipinski definition) is 1. The van der Waals surface area contributed by atoms with Crippen LogP contribution in [0.25, 0.3) is 0 Å². The number of amides is 1. The zero-order valence-corrected chi connectivity index (χ0v) is 8.18. The summed E-state index contributed by atoms with van der Waals surface area (Å²) >= 11 is 0. The maximum Gasteiger partial charge on any atom is 0.269 e. The number of likely N-dealkylation sites (tertiary alicyclic amines) is 1. The van der Waals surface area contributed by atoms with Gasteiger partial charge in [0.05, 0.1) is 6.54 Å². The summed E-state index contributed by atoms with van der Waals surface area (Å²) in [5, 5.41) is 0. The summed E-state index contributed by atoms with van der Waals surface area (Å²) in [6.45, 7) is 4.70. The molecule has 1 heterocycles. The summed E-state index contributed by atoms with van der Waals surface area (Å²) < 4.78 is 26.0. The van der Waals surface area contributed by atoms with E-state index in [1.54, 1.807) is 13.8 Å². The van der Waals surface area contributed by atoms with Crippen LogP contribution in [0.5, 0.6) is 0 Å². The number of alkyl halides is 2. The lowest BCUT2D eigenvalue weighted by Crippen LogP contribution is -2.34. The van der Waals surface area contributed by atoms with E-state index in [1.807, 2.05) is 0 Å². The smallest absolute Gasteiger partial charge is 0.269 e.